The van der Waals surface area contributed by atoms with Gasteiger partial charge in [0.05, 0.1) is 13.2 Å². The van der Waals surface area contributed by atoms with Gasteiger partial charge in [-0.2, -0.15) is 0 Å². The van der Waals surface area contributed by atoms with Gasteiger partial charge in [0.2, 0.25) is 0 Å². The first kappa shape index (κ1) is 13.1. The Morgan fingerprint density at radius 2 is 2.19 bits per heavy atom. The summed E-state index contributed by atoms with van der Waals surface area (Å²) in [6.45, 7) is 7.74. The van der Waals surface area contributed by atoms with Crippen molar-refractivity contribution in [2.24, 2.45) is 0 Å². The largest absolute Gasteiger partial charge is 0.366 e. The van der Waals surface area contributed by atoms with E-state index in [4.69, 9.17) is 4.74 Å². The molecule has 1 amide bonds. The second kappa shape index (κ2) is 5.96. The predicted molar refractivity (Wildman–Crippen MR) is 60.1 cm³/mol. The summed E-state index contributed by atoms with van der Waals surface area (Å²) in [6.07, 6.45) is -0.449. The van der Waals surface area contributed by atoms with Gasteiger partial charge in [0.25, 0.3) is 5.91 Å². The monoisotopic (exact) mass is 228 g/mol. The Morgan fingerprint density at radius 3 is 2.75 bits per heavy atom. The molecule has 1 saturated heterocycles. The normalized spacial score (nSPS) is 22.1. The first-order valence-electron chi connectivity index (χ1n) is 5.63. The SMILES string of the molecule is CC(=O)CNC(=O)[C@@H]1CN(C(C)C)CCO1. The van der Waals surface area contributed by atoms with E-state index in [2.05, 4.69) is 24.1 Å². The van der Waals surface area contributed by atoms with Gasteiger partial charge in [0.15, 0.2) is 0 Å². The molecule has 0 aliphatic carbocycles. The first-order chi connectivity index (χ1) is 7.50. The van der Waals surface area contributed by atoms with E-state index < -0.39 is 6.10 Å². The van der Waals surface area contributed by atoms with Gasteiger partial charge in [0.1, 0.15) is 11.9 Å². The number of ether oxygens (including phenoxy) is 1. The van der Waals surface area contributed by atoms with Crippen LogP contribution in [-0.2, 0) is 14.3 Å². The van der Waals surface area contributed by atoms with Crippen molar-refractivity contribution in [3.63, 3.8) is 0 Å². The minimum absolute atomic E-state index is 0.0510. The molecule has 1 atom stereocenters. The highest BCUT2D eigenvalue weighted by molar-refractivity contribution is 5.86. The molecule has 1 heterocycles. The average Bonchev–Trinajstić information content (AvgIpc) is 2.26. The van der Waals surface area contributed by atoms with Crippen molar-refractivity contribution in [2.45, 2.75) is 32.9 Å². The Kier molecular flexibility index (Phi) is 4.89. The number of amides is 1. The fraction of sp³-hybridized carbons (Fsp3) is 0.818. The molecule has 1 rings (SSSR count). The van der Waals surface area contributed by atoms with E-state index >= 15 is 0 Å². The maximum absolute atomic E-state index is 11.7. The Morgan fingerprint density at radius 1 is 1.50 bits per heavy atom. The molecule has 0 aromatic carbocycles. The van der Waals surface area contributed by atoms with Crippen LogP contribution in [0.25, 0.3) is 0 Å². The van der Waals surface area contributed by atoms with E-state index in [1.807, 2.05) is 0 Å². The van der Waals surface area contributed by atoms with Gasteiger partial charge < -0.3 is 10.1 Å². The highest BCUT2D eigenvalue weighted by Crippen LogP contribution is 2.08. The molecule has 0 unspecified atom stereocenters. The summed E-state index contributed by atoms with van der Waals surface area (Å²) in [5, 5.41) is 2.57. The molecule has 0 radical (unpaired) electrons. The molecule has 0 aromatic rings. The van der Waals surface area contributed by atoms with Crippen LogP contribution in [0.4, 0.5) is 0 Å². The van der Waals surface area contributed by atoms with Crippen molar-refractivity contribution >= 4 is 11.7 Å². The van der Waals surface area contributed by atoms with Crippen LogP contribution in [0.15, 0.2) is 0 Å². The van der Waals surface area contributed by atoms with Crippen LogP contribution in [0.1, 0.15) is 20.8 Å². The minimum Gasteiger partial charge on any atom is -0.366 e. The smallest absolute Gasteiger partial charge is 0.250 e. The number of Topliss-reactive ketones (excluding diaryl/α,β-unsaturated/α-hetero) is 1. The predicted octanol–water partition coefficient (Wildman–Crippen LogP) is -0.199. The topological polar surface area (TPSA) is 58.6 Å². The van der Waals surface area contributed by atoms with Crippen molar-refractivity contribution < 1.29 is 14.3 Å². The average molecular weight is 228 g/mol. The van der Waals surface area contributed by atoms with Crippen LogP contribution in [0.3, 0.4) is 0 Å². The molecule has 1 aliphatic rings. The molecule has 0 bridgehead atoms. The van der Waals surface area contributed by atoms with Gasteiger partial charge in [-0.25, -0.2) is 0 Å². The van der Waals surface area contributed by atoms with Gasteiger partial charge in [-0.05, 0) is 20.8 Å². The Labute approximate surface area is 96.1 Å². The fourth-order valence-corrected chi connectivity index (χ4v) is 1.62. The molecule has 0 aromatic heterocycles. The molecule has 5 nitrogen and oxygen atoms in total. The Hall–Kier alpha value is -0.940. The zero-order chi connectivity index (χ0) is 12.1. The summed E-state index contributed by atoms with van der Waals surface area (Å²) in [5.41, 5.74) is 0. The van der Waals surface area contributed by atoms with E-state index in [0.717, 1.165) is 6.54 Å². The second-order valence-corrected chi connectivity index (χ2v) is 4.37. The maximum Gasteiger partial charge on any atom is 0.250 e. The highest BCUT2D eigenvalue weighted by atomic mass is 16.5. The highest BCUT2D eigenvalue weighted by Gasteiger charge is 2.27. The van der Waals surface area contributed by atoms with Crippen molar-refractivity contribution in [1.29, 1.82) is 0 Å². The molecule has 92 valence electrons. The van der Waals surface area contributed by atoms with Gasteiger partial charge in [0, 0.05) is 19.1 Å². The lowest BCUT2D eigenvalue weighted by Gasteiger charge is -2.34. The zero-order valence-corrected chi connectivity index (χ0v) is 10.2. The minimum atomic E-state index is -0.449. The second-order valence-electron chi connectivity index (χ2n) is 4.37. The molecule has 0 saturated carbocycles. The van der Waals surface area contributed by atoms with Crippen LogP contribution in [0, 0.1) is 0 Å². The summed E-state index contributed by atoms with van der Waals surface area (Å²) in [4.78, 5) is 24.6. The molecular weight excluding hydrogens is 208 g/mol. The maximum atomic E-state index is 11.7. The lowest BCUT2D eigenvalue weighted by atomic mass is 10.2. The number of rotatable bonds is 4. The number of hydrogen-bond acceptors (Lipinski definition) is 4. The molecule has 1 N–H and O–H groups in total. The third-order valence-corrected chi connectivity index (χ3v) is 2.63. The van der Waals surface area contributed by atoms with Gasteiger partial charge >= 0.3 is 0 Å². The third kappa shape index (κ3) is 3.90. The number of nitrogens with zero attached hydrogens (tertiary/aromatic N) is 1. The standard InChI is InChI=1S/C11H20N2O3/c1-8(2)13-4-5-16-10(7-13)11(15)12-6-9(3)14/h8,10H,4-7H2,1-3H3,(H,12,15)/t10-/m0/s1. The fourth-order valence-electron chi connectivity index (χ4n) is 1.62. The molecule has 16 heavy (non-hydrogen) atoms. The van der Waals surface area contributed by atoms with Crippen molar-refractivity contribution in [2.75, 3.05) is 26.2 Å². The van der Waals surface area contributed by atoms with Crippen molar-refractivity contribution in [3.8, 4) is 0 Å². The molecule has 0 spiro atoms. The lowest BCUT2D eigenvalue weighted by Crippen LogP contribution is -2.52. The number of ketones is 1. The van der Waals surface area contributed by atoms with E-state index in [1.165, 1.54) is 6.92 Å². The molecule has 5 heteroatoms. The summed E-state index contributed by atoms with van der Waals surface area (Å²) in [6, 6.07) is 0.409. The van der Waals surface area contributed by atoms with Crippen LogP contribution < -0.4 is 5.32 Å². The number of hydrogen-bond donors (Lipinski definition) is 1. The van der Waals surface area contributed by atoms with Gasteiger partial charge in [-0.3, -0.25) is 14.5 Å². The zero-order valence-electron chi connectivity index (χ0n) is 10.2. The van der Waals surface area contributed by atoms with Crippen LogP contribution in [0.2, 0.25) is 0 Å². The number of carbonyl (C=O) groups is 2. The molecule has 1 fully saturated rings. The number of nitrogens with one attached hydrogen (secondary N) is 1. The van der Waals surface area contributed by atoms with E-state index in [-0.39, 0.29) is 18.2 Å². The van der Waals surface area contributed by atoms with E-state index in [9.17, 15) is 9.59 Å². The quantitative estimate of drug-likeness (QED) is 0.724. The Balaban J connectivity index is 2.40. The van der Waals surface area contributed by atoms with Gasteiger partial charge in [-0.1, -0.05) is 0 Å². The van der Waals surface area contributed by atoms with Crippen LogP contribution in [0.5, 0.6) is 0 Å². The van der Waals surface area contributed by atoms with Crippen molar-refractivity contribution in [1.82, 2.24) is 10.2 Å². The van der Waals surface area contributed by atoms with E-state index in [1.54, 1.807) is 0 Å². The molecular formula is C11H20N2O3. The van der Waals surface area contributed by atoms with Crippen molar-refractivity contribution in [3.05, 3.63) is 0 Å². The lowest BCUT2D eigenvalue weighted by molar-refractivity contribution is -0.140. The number of morpholine rings is 1. The summed E-state index contributed by atoms with van der Waals surface area (Å²) in [5.74, 6) is -0.245. The van der Waals surface area contributed by atoms with Crippen LogP contribution >= 0.6 is 0 Å². The van der Waals surface area contributed by atoms with Gasteiger partial charge in [-0.15, -0.1) is 0 Å². The summed E-state index contributed by atoms with van der Waals surface area (Å²) >= 11 is 0. The third-order valence-electron chi connectivity index (χ3n) is 2.63. The number of carbonyl (C=O) groups excluding carboxylic acids is 2. The molecule has 1 aliphatic heterocycles. The van der Waals surface area contributed by atoms with Crippen LogP contribution in [-0.4, -0.2) is 55.0 Å². The summed E-state index contributed by atoms with van der Waals surface area (Å²) in [7, 11) is 0. The first-order valence-corrected chi connectivity index (χ1v) is 5.63. The summed E-state index contributed by atoms with van der Waals surface area (Å²) < 4.78 is 5.39. The Bertz CT molecular complexity index is 266. The van der Waals surface area contributed by atoms with E-state index in [0.29, 0.717) is 19.2 Å².